The predicted molar refractivity (Wildman–Crippen MR) is 69.4 cm³/mol. The van der Waals surface area contributed by atoms with Gasteiger partial charge in [0.2, 0.25) is 0 Å². The SMILES string of the molecule is CCOC(=O)c1cc(OC(F)F)cc(CBr)c1Br. The zero-order chi connectivity index (χ0) is 13.7. The van der Waals surface area contributed by atoms with E-state index in [1.807, 2.05) is 0 Å². The van der Waals surface area contributed by atoms with Gasteiger partial charge in [-0.1, -0.05) is 15.9 Å². The van der Waals surface area contributed by atoms with Crippen LogP contribution in [0.15, 0.2) is 16.6 Å². The number of carbonyl (C=O) groups is 1. The zero-order valence-corrected chi connectivity index (χ0v) is 12.6. The van der Waals surface area contributed by atoms with E-state index in [-0.39, 0.29) is 17.9 Å². The van der Waals surface area contributed by atoms with Gasteiger partial charge in [-0.25, -0.2) is 4.79 Å². The first-order valence-corrected chi connectivity index (χ1v) is 6.91. The topological polar surface area (TPSA) is 35.5 Å². The van der Waals surface area contributed by atoms with E-state index in [4.69, 9.17) is 4.74 Å². The quantitative estimate of drug-likeness (QED) is 0.563. The second-order valence-corrected chi connectivity index (χ2v) is 4.53. The molecule has 0 spiro atoms. The molecule has 0 unspecified atom stereocenters. The molecule has 0 fully saturated rings. The minimum Gasteiger partial charge on any atom is -0.462 e. The molecule has 0 amide bonds. The summed E-state index contributed by atoms with van der Waals surface area (Å²) in [6.45, 7) is -1.07. The molecule has 0 aliphatic heterocycles. The van der Waals surface area contributed by atoms with Crippen LogP contribution in [0.5, 0.6) is 5.75 Å². The molecule has 1 aromatic carbocycles. The van der Waals surface area contributed by atoms with Gasteiger partial charge in [-0.15, -0.1) is 0 Å². The van der Waals surface area contributed by atoms with Crippen LogP contribution in [-0.2, 0) is 10.1 Å². The van der Waals surface area contributed by atoms with E-state index in [1.165, 1.54) is 12.1 Å². The van der Waals surface area contributed by atoms with Gasteiger partial charge in [-0.2, -0.15) is 8.78 Å². The van der Waals surface area contributed by atoms with E-state index in [2.05, 4.69) is 36.6 Å². The van der Waals surface area contributed by atoms with E-state index in [0.717, 1.165) is 0 Å². The highest BCUT2D eigenvalue weighted by molar-refractivity contribution is 9.10. The average Bonchev–Trinajstić information content (AvgIpc) is 2.30. The Bertz CT molecular complexity index is 439. The van der Waals surface area contributed by atoms with Gasteiger partial charge in [-0.05, 0) is 40.5 Å². The largest absolute Gasteiger partial charge is 0.462 e. The van der Waals surface area contributed by atoms with Crippen LogP contribution in [0.4, 0.5) is 8.78 Å². The van der Waals surface area contributed by atoms with Crippen LogP contribution in [0.2, 0.25) is 0 Å². The lowest BCUT2D eigenvalue weighted by atomic mass is 10.1. The molecule has 7 heteroatoms. The fourth-order valence-corrected chi connectivity index (χ4v) is 2.63. The molecule has 0 heterocycles. The van der Waals surface area contributed by atoms with Crippen molar-refractivity contribution in [2.45, 2.75) is 18.9 Å². The summed E-state index contributed by atoms with van der Waals surface area (Å²) in [5.74, 6) is -0.669. The molecular weight excluding hydrogens is 378 g/mol. The van der Waals surface area contributed by atoms with E-state index in [9.17, 15) is 13.6 Å². The molecule has 0 bridgehead atoms. The summed E-state index contributed by atoms with van der Waals surface area (Å²) in [5.41, 5.74) is 0.778. The maximum atomic E-state index is 12.2. The normalized spacial score (nSPS) is 10.6. The maximum absolute atomic E-state index is 12.2. The van der Waals surface area contributed by atoms with Crippen LogP contribution in [-0.4, -0.2) is 19.2 Å². The Kier molecular flexibility index (Phi) is 6.01. The monoisotopic (exact) mass is 386 g/mol. The third-order valence-electron chi connectivity index (χ3n) is 1.99. The van der Waals surface area contributed by atoms with Crippen LogP contribution >= 0.6 is 31.9 Å². The average molecular weight is 388 g/mol. The molecule has 0 radical (unpaired) electrons. The Morgan fingerprint density at radius 3 is 2.61 bits per heavy atom. The highest BCUT2D eigenvalue weighted by atomic mass is 79.9. The number of ether oxygens (including phenoxy) is 2. The summed E-state index contributed by atoms with van der Waals surface area (Å²) in [6.07, 6.45) is 0. The molecule has 18 heavy (non-hydrogen) atoms. The van der Waals surface area contributed by atoms with Crippen molar-refractivity contribution in [2.75, 3.05) is 6.61 Å². The summed E-state index contributed by atoms with van der Waals surface area (Å²) in [5, 5.41) is 0.389. The van der Waals surface area contributed by atoms with E-state index >= 15 is 0 Å². The molecule has 0 saturated heterocycles. The van der Waals surface area contributed by atoms with Gasteiger partial charge in [0.1, 0.15) is 5.75 Å². The molecule has 0 aliphatic rings. The summed E-state index contributed by atoms with van der Waals surface area (Å²) in [4.78, 5) is 11.7. The Balaban J connectivity index is 3.18. The number of hydrogen-bond donors (Lipinski definition) is 0. The zero-order valence-electron chi connectivity index (χ0n) is 9.38. The number of benzene rings is 1. The fraction of sp³-hybridized carbons (Fsp3) is 0.364. The Labute approximate surface area is 120 Å². The molecule has 0 N–H and O–H groups in total. The summed E-state index contributed by atoms with van der Waals surface area (Å²) >= 11 is 6.44. The van der Waals surface area contributed by atoms with E-state index < -0.39 is 12.6 Å². The minimum absolute atomic E-state index is 0.0781. The maximum Gasteiger partial charge on any atom is 0.387 e. The smallest absolute Gasteiger partial charge is 0.387 e. The molecule has 0 atom stereocenters. The number of esters is 1. The lowest BCUT2D eigenvalue weighted by Crippen LogP contribution is -2.09. The lowest BCUT2D eigenvalue weighted by molar-refractivity contribution is -0.0499. The molecule has 0 aliphatic carbocycles. The summed E-state index contributed by atoms with van der Waals surface area (Å²) < 4.78 is 34.0. The number of halogens is 4. The molecular formula is C11H10Br2F2O3. The third kappa shape index (κ3) is 3.91. The van der Waals surface area contributed by atoms with Crippen molar-refractivity contribution in [3.05, 3.63) is 27.7 Å². The highest BCUT2D eigenvalue weighted by Crippen LogP contribution is 2.30. The van der Waals surface area contributed by atoms with Crippen molar-refractivity contribution in [2.24, 2.45) is 0 Å². The van der Waals surface area contributed by atoms with Gasteiger partial charge in [0, 0.05) is 9.80 Å². The molecule has 3 nitrogen and oxygen atoms in total. The number of hydrogen-bond acceptors (Lipinski definition) is 3. The Morgan fingerprint density at radius 1 is 1.44 bits per heavy atom. The van der Waals surface area contributed by atoms with Gasteiger partial charge in [-0.3, -0.25) is 0 Å². The van der Waals surface area contributed by atoms with Crippen LogP contribution in [0.25, 0.3) is 0 Å². The molecule has 100 valence electrons. The van der Waals surface area contributed by atoms with Crippen molar-refractivity contribution in [3.8, 4) is 5.75 Å². The molecule has 0 aromatic heterocycles. The molecule has 1 rings (SSSR count). The second kappa shape index (κ2) is 7.04. The van der Waals surface area contributed by atoms with E-state index in [1.54, 1.807) is 6.92 Å². The van der Waals surface area contributed by atoms with Crippen LogP contribution in [0.3, 0.4) is 0 Å². The van der Waals surface area contributed by atoms with Gasteiger partial charge >= 0.3 is 12.6 Å². The van der Waals surface area contributed by atoms with Gasteiger partial charge < -0.3 is 9.47 Å². The molecule has 1 aromatic rings. The first-order valence-electron chi connectivity index (χ1n) is 4.99. The molecule has 0 saturated carbocycles. The van der Waals surface area contributed by atoms with Gasteiger partial charge in [0.25, 0.3) is 0 Å². The van der Waals surface area contributed by atoms with Gasteiger partial charge in [0.15, 0.2) is 0 Å². The summed E-state index contributed by atoms with van der Waals surface area (Å²) in [7, 11) is 0. The van der Waals surface area contributed by atoms with Crippen molar-refractivity contribution in [1.29, 1.82) is 0 Å². The first kappa shape index (κ1) is 15.4. The Hall–Kier alpha value is -0.690. The standard InChI is InChI=1S/C11H10Br2F2O3/c1-2-17-10(16)8-4-7(18-11(14)15)3-6(5-12)9(8)13/h3-4,11H,2,5H2,1H3. The third-order valence-corrected chi connectivity index (χ3v) is 3.53. The van der Waals surface area contributed by atoms with Gasteiger partial charge in [0.05, 0.1) is 12.2 Å². The van der Waals surface area contributed by atoms with E-state index in [0.29, 0.717) is 15.4 Å². The lowest BCUT2D eigenvalue weighted by Gasteiger charge is -2.11. The van der Waals surface area contributed by atoms with Crippen molar-refractivity contribution >= 4 is 37.8 Å². The number of alkyl halides is 3. The number of carbonyl (C=O) groups excluding carboxylic acids is 1. The Morgan fingerprint density at radius 2 is 2.11 bits per heavy atom. The van der Waals surface area contributed by atoms with Crippen molar-refractivity contribution in [3.63, 3.8) is 0 Å². The fourth-order valence-electron chi connectivity index (χ4n) is 1.28. The van der Waals surface area contributed by atoms with Crippen LogP contribution in [0, 0.1) is 0 Å². The van der Waals surface area contributed by atoms with Crippen molar-refractivity contribution in [1.82, 2.24) is 0 Å². The highest BCUT2D eigenvalue weighted by Gasteiger charge is 2.17. The van der Waals surface area contributed by atoms with Crippen LogP contribution in [0.1, 0.15) is 22.8 Å². The first-order chi connectivity index (χ1) is 8.49. The summed E-state index contributed by atoms with van der Waals surface area (Å²) in [6, 6.07) is 2.65. The number of rotatable bonds is 5. The second-order valence-electron chi connectivity index (χ2n) is 3.18. The predicted octanol–water partition coefficient (Wildman–Crippen LogP) is 4.12. The minimum atomic E-state index is -2.94. The van der Waals surface area contributed by atoms with Crippen molar-refractivity contribution < 1.29 is 23.0 Å². The van der Waals surface area contributed by atoms with Crippen LogP contribution < -0.4 is 4.74 Å².